The van der Waals surface area contributed by atoms with Crippen molar-refractivity contribution in [1.82, 2.24) is 24.6 Å². The lowest BCUT2D eigenvalue weighted by Crippen LogP contribution is -2.48. The zero-order valence-electron chi connectivity index (χ0n) is 15.2. The molecule has 2 aromatic rings. The van der Waals surface area contributed by atoms with E-state index in [9.17, 15) is 4.79 Å². The van der Waals surface area contributed by atoms with Gasteiger partial charge in [-0.05, 0) is 30.9 Å². The first-order valence-electron chi connectivity index (χ1n) is 9.27. The minimum atomic E-state index is 0.205. The van der Waals surface area contributed by atoms with Gasteiger partial charge in [-0.25, -0.2) is 0 Å². The van der Waals surface area contributed by atoms with Crippen molar-refractivity contribution in [3.63, 3.8) is 0 Å². The van der Waals surface area contributed by atoms with Gasteiger partial charge in [0.1, 0.15) is 6.33 Å². The van der Waals surface area contributed by atoms with E-state index < -0.39 is 0 Å². The number of carbonyl (C=O) groups is 1. The van der Waals surface area contributed by atoms with Crippen molar-refractivity contribution in [2.24, 2.45) is 0 Å². The molecular weight excluding hydrogens is 346 g/mol. The summed E-state index contributed by atoms with van der Waals surface area (Å²) < 4.78 is 2.11. The minimum Gasteiger partial charge on any atom is -0.339 e. The molecule has 1 aliphatic heterocycles. The molecule has 2 aliphatic rings. The van der Waals surface area contributed by atoms with Gasteiger partial charge in [-0.2, -0.15) is 0 Å². The maximum absolute atomic E-state index is 12.5. The van der Waals surface area contributed by atoms with E-state index in [-0.39, 0.29) is 5.91 Å². The molecule has 7 heteroatoms. The smallest absolute Gasteiger partial charge is 0.233 e. The lowest BCUT2D eigenvalue weighted by atomic mass is 10.1. The van der Waals surface area contributed by atoms with Gasteiger partial charge >= 0.3 is 0 Å². The third-order valence-electron chi connectivity index (χ3n) is 5.19. The summed E-state index contributed by atoms with van der Waals surface area (Å²) in [6.07, 6.45) is 4.18. The third-order valence-corrected chi connectivity index (χ3v) is 6.13. The van der Waals surface area contributed by atoms with Crippen LogP contribution in [-0.4, -0.2) is 62.4 Å². The Bertz CT molecular complexity index is 765. The summed E-state index contributed by atoms with van der Waals surface area (Å²) in [7, 11) is 0. The van der Waals surface area contributed by atoms with Crippen LogP contribution in [0.25, 0.3) is 0 Å². The molecule has 0 unspecified atom stereocenters. The van der Waals surface area contributed by atoms with Gasteiger partial charge < -0.3 is 9.47 Å². The summed E-state index contributed by atoms with van der Waals surface area (Å²) in [4.78, 5) is 17.0. The van der Waals surface area contributed by atoms with E-state index in [1.165, 1.54) is 35.7 Å². The van der Waals surface area contributed by atoms with E-state index in [4.69, 9.17) is 0 Å². The van der Waals surface area contributed by atoms with E-state index in [0.29, 0.717) is 11.8 Å². The molecule has 1 saturated carbocycles. The number of nitrogens with zero attached hydrogens (tertiary/aromatic N) is 5. The van der Waals surface area contributed by atoms with Crippen molar-refractivity contribution < 1.29 is 4.79 Å². The van der Waals surface area contributed by atoms with Crippen molar-refractivity contribution >= 4 is 17.7 Å². The fourth-order valence-corrected chi connectivity index (χ4v) is 4.23. The van der Waals surface area contributed by atoms with E-state index in [2.05, 4.69) is 50.9 Å². The molecule has 0 spiro atoms. The Labute approximate surface area is 158 Å². The van der Waals surface area contributed by atoms with Crippen LogP contribution in [0, 0.1) is 6.92 Å². The van der Waals surface area contributed by atoms with Gasteiger partial charge in [-0.1, -0.05) is 36.0 Å². The van der Waals surface area contributed by atoms with Crippen LogP contribution in [0.3, 0.4) is 0 Å². The quantitative estimate of drug-likeness (QED) is 0.730. The molecule has 2 heterocycles. The van der Waals surface area contributed by atoms with Crippen molar-refractivity contribution in [2.75, 3.05) is 31.9 Å². The highest BCUT2D eigenvalue weighted by molar-refractivity contribution is 7.99. The summed E-state index contributed by atoms with van der Waals surface area (Å²) in [6.45, 7) is 6.60. The van der Waals surface area contributed by atoms with Crippen molar-refractivity contribution in [1.29, 1.82) is 0 Å². The SMILES string of the molecule is Cc1ccccc1CN1CCN(C(=O)CSc2nncn2C2CC2)CC1. The zero-order valence-corrected chi connectivity index (χ0v) is 16.0. The number of hydrogen-bond donors (Lipinski definition) is 0. The number of amides is 1. The molecule has 138 valence electrons. The fraction of sp³-hybridized carbons (Fsp3) is 0.526. The largest absolute Gasteiger partial charge is 0.339 e. The molecule has 0 radical (unpaired) electrons. The number of thioether (sulfide) groups is 1. The van der Waals surface area contributed by atoms with Crippen LogP contribution in [0.1, 0.15) is 30.0 Å². The summed E-state index contributed by atoms with van der Waals surface area (Å²) >= 11 is 1.51. The van der Waals surface area contributed by atoms with Gasteiger partial charge in [0, 0.05) is 38.8 Å². The summed E-state index contributed by atoms with van der Waals surface area (Å²) in [6, 6.07) is 9.08. The Morgan fingerprint density at radius 2 is 1.96 bits per heavy atom. The topological polar surface area (TPSA) is 54.3 Å². The summed E-state index contributed by atoms with van der Waals surface area (Å²) in [5, 5.41) is 9.02. The fourth-order valence-electron chi connectivity index (χ4n) is 3.34. The molecule has 26 heavy (non-hydrogen) atoms. The van der Waals surface area contributed by atoms with E-state index in [0.717, 1.165) is 37.9 Å². The number of aromatic nitrogens is 3. The van der Waals surface area contributed by atoms with Gasteiger partial charge in [0.15, 0.2) is 5.16 Å². The average molecular weight is 372 g/mol. The monoisotopic (exact) mass is 371 g/mol. The Balaban J connectivity index is 1.24. The predicted octanol–water partition coefficient (Wildman–Crippen LogP) is 2.36. The molecule has 1 saturated heterocycles. The normalized spacial score (nSPS) is 18.3. The van der Waals surface area contributed by atoms with Gasteiger partial charge in [0.2, 0.25) is 5.91 Å². The van der Waals surface area contributed by atoms with Gasteiger partial charge in [-0.15, -0.1) is 10.2 Å². The number of hydrogen-bond acceptors (Lipinski definition) is 5. The molecule has 1 aromatic heterocycles. The van der Waals surface area contributed by atoms with Crippen LogP contribution >= 0.6 is 11.8 Å². The van der Waals surface area contributed by atoms with E-state index >= 15 is 0 Å². The molecule has 1 amide bonds. The van der Waals surface area contributed by atoms with Crippen molar-refractivity contribution in [3.8, 4) is 0 Å². The van der Waals surface area contributed by atoms with Gasteiger partial charge in [0.25, 0.3) is 0 Å². The van der Waals surface area contributed by atoms with E-state index in [1.54, 1.807) is 6.33 Å². The first kappa shape index (κ1) is 17.5. The van der Waals surface area contributed by atoms with Gasteiger partial charge in [-0.3, -0.25) is 9.69 Å². The number of piperazine rings is 1. The second kappa shape index (κ2) is 7.80. The maximum Gasteiger partial charge on any atom is 0.233 e. The molecule has 0 N–H and O–H groups in total. The Morgan fingerprint density at radius 1 is 1.19 bits per heavy atom. The number of carbonyl (C=O) groups excluding carboxylic acids is 1. The zero-order chi connectivity index (χ0) is 17.9. The lowest BCUT2D eigenvalue weighted by molar-refractivity contribution is -0.130. The Morgan fingerprint density at radius 3 is 2.69 bits per heavy atom. The highest BCUT2D eigenvalue weighted by atomic mass is 32.2. The van der Waals surface area contributed by atoms with Gasteiger partial charge in [0.05, 0.1) is 5.75 Å². The van der Waals surface area contributed by atoms with Crippen LogP contribution in [0.5, 0.6) is 0 Å². The highest BCUT2D eigenvalue weighted by Crippen LogP contribution is 2.37. The first-order chi connectivity index (χ1) is 12.7. The maximum atomic E-state index is 12.5. The minimum absolute atomic E-state index is 0.205. The van der Waals surface area contributed by atoms with E-state index in [1.807, 2.05) is 4.90 Å². The molecule has 0 atom stereocenters. The third kappa shape index (κ3) is 4.10. The molecule has 6 nitrogen and oxygen atoms in total. The number of rotatable bonds is 6. The van der Waals surface area contributed by atoms with Crippen LogP contribution < -0.4 is 0 Å². The molecule has 4 rings (SSSR count). The molecule has 1 aliphatic carbocycles. The second-order valence-electron chi connectivity index (χ2n) is 7.12. The predicted molar refractivity (Wildman–Crippen MR) is 102 cm³/mol. The molecular formula is C19H25N5OS. The Hall–Kier alpha value is -1.86. The van der Waals surface area contributed by atoms with Crippen LogP contribution in [-0.2, 0) is 11.3 Å². The van der Waals surface area contributed by atoms with Crippen LogP contribution in [0.4, 0.5) is 0 Å². The lowest BCUT2D eigenvalue weighted by Gasteiger charge is -2.35. The first-order valence-corrected chi connectivity index (χ1v) is 10.3. The number of benzene rings is 1. The second-order valence-corrected chi connectivity index (χ2v) is 8.07. The number of aryl methyl sites for hydroxylation is 1. The van der Waals surface area contributed by atoms with Crippen molar-refractivity contribution in [3.05, 3.63) is 41.7 Å². The van der Waals surface area contributed by atoms with Crippen LogP contribution in [0.2, 0.25) is 0 Å². The molecule has 0 bridgehead atoms. The van der Waals surface area contributed by atoms with Crippen LogP contribution in [0.15, 0.2) is 35.7 Å². The van der Waals surface area contributed by atoms with Crippen molar-refractivity contribution in [2.45, 2.75) is 37.5 Å². The average Bonchev–Trinajstić information content (AvgIpc) is 3.40. The molecule has 1 aromatic carbocycles. The highest BCUT2D eigenvalue weighted by Gasteiger charge is 2.27. The standard InChI is InChI=1S/C19H25N5OS/c1-15-4-2-3-5-16(15)12-22-8-10-23(11-9-22)18(25)13-26-19-21-20-14-24(19)17-6-7-17/h2-5,14,17H,6-13H2,1H3. The summed E-state index contributed by atoms with van der Waals surface area (Å²) in [5.41, 5.74) is 2.71. The summed E-state index contributed by atoms with van der Waals surface area (Å²) in [5.74, 6) is 0.652. The Kier molecular flexibility index (Phi) is 5.26. The molecule has 2 fully saturated rings.